The Morgan fingerprint density at radius 3 is 2.57 bits per heavy atom. The Morgan fingerprint density at radius 2 is 2.00 bits per heavy atom. The summed E-state index contributed by atoms with van der Waals surface area (Å²) in [5, 5.41) is 0. The van der Waals surface area contributed by atoms with Crippen molar-refractivity contribution in [2.24, 2.45) is 5.73 Å². The van der Waals surface area contributed by atoms with Crippen molar-refractivity contribution < 1.29 is 0 Å². The van der Waals surface area contributed by atoms with E-state index in [2.05, 4.69) is 44.7 Å². The maximum atomic E-state index is 6.00. The molecule has 0 bridgehead atoms. The summed E-state index contributed by atoms with van der Waals surface area (Å²) in [6, 6.07) is 8.59. The summed E-state index contributed by atoms with van der Waals surface area (Å²) in [7, 11) is 0. The molecule has 0 radical (unpaired) electrons. The second kappa shape index (κ2) is 4.97. The van der Waals surface area contributed by atoms with Gasteiger partial charge < -0.3 is 5.73 Å². The second-order valence-corrected chi connectivity index (χ2v) is 3.96. The summed E-state index contributed by atoms with van der Waals surface area (Å²) in [6.45, 7) is 8.09. The zero-order valence-corrected chi connectivity index (χ0v) is 9.03. The van der Waals surface area contributed by atoms with E-state index in [1.54, 1.807) is 0 Å². The normalized spacial score (nSPS) is 12.9. The van der Waals surface area contributed by atoms with E-state index in [9.17, 15) is 0 Å². The Bertz CT molecular complexity index is 302. The Balaban J connectivity index is 2.87. The molecule has 0 aliphatic heterocycles. The van der Waals surface area contributed by atoms with Gasteiger partial charge in [-0.25, -0.2) is 0 Å². The fraction of sp³-hybridized carbons (Fsp3) is 0.385. The van der Waals surface area contributed by atoms with Crippen LogP contribution in [0.5, 0.6) is 0 Å². The molecule has 1 aromatic carbocycles. The maximum absolute atomic E-state index is 6.00. The van der Waals surface area contributed by atoms with Gasteiger partial charge in [-0.15, -0.1) is 6.58 Å². The average Bonchev–Trinajstić information content (AvgIpc) is 2.18. The molecule has 0 saturated heterocycles. The summed E-state index contributed by atoms with van der Waals surface area (Å²) >= 11 is 0. The third kappa shape index (κ3) is 2.71. The van der Waals surface area contributed by atoms with Crippen LogP contribution >= 0.6 is 0 Å². The van der Waals surface area contributed by atoms with Gasteiger partial charge in [-0.3, -0.25) is 0 Å². The standard InChI is InChI=1S/C13H19N/c1-4-6-13(14)12-8-5-7-11(9-12)10(2)3/h4-5,7-10,13H,1,6,14H2,2-3H3/t13-/m0/s1. The number of hydrogen-bond acceptors (Lipinski definition) is 1. The highest BCUT2D eigenvalue weighted by molar-refractivity contribution is 5.28. The topological polar surface area (TPSA) is 26.0 Å². The highest BCUT2D eigenvalue weighted by atomic mass is 14.6. The van der Waals surface area contributed by atoms with Crippen LogP contribution in [0.15, 0.2) is 36.9 Å². The van der Waals surface area contributed by atoms with Crippen LogP contribution in [0.4, 0.5) is 0 Å². The van der Waals surface area contributed by atoms with Crippen LogP contribution in [0.25, 0.3) is 0 Å². The summed E-state index contributed by atoms with van der Waals surface area (Å²) in [5.41, 5.74) is 8.56. The van der Waals surface area contributed by atoms with E-state index in [-0.39, 0.29) is 6.04 Å². The first-order chi connectivity index (χ1) is 6.65. The molecule has 0 amide bonds. The molecule has 0 saturated carbocycles. The van der Waals surface area contributed by atoms with Gasteiger partial charge in [0.2, 0.25) is 0 Å². The third-order valence-corrected chi connectivity index (χ3v) is 2.43. The number of hydrogen-bond donors (Lipinski definition) is 1. The molecule has 0 unspecified atom stereocenters. The fourth-order valence-corrected chi connectivity index (χ4v) is 1.46. The van der Waals surface area contributed by atoms with Crippen molar-refractivity contribution in [3.8, 4) is 0 Å². The van der Waals surface area contributed by atoms with E-state index in [1.165, 1.54) is 11.1 Å². The predicted molar refractivity (Wildman–Crippen MR) is 62.3 cm³/mol. The van der Waals surface area contributed by atoms with E-state index < -0.39 is 0 Å². The molecule has 1 rings (SSSR count). The van der Waals surface area contributed by atoms with Crippen molar-refractivity contribution >= 4 is 0 Å². The van der Waals surface area contributed by atoms with E-state index in [0.717, 1.165) is 6.42 Å². The molecule has 0 spiro atoms. The summed E-state index contributed by atoms with van der Waals surface area (Å²) in [6.07, 6.45) is 2.70. The lowest BCUT2D eigenvalue weighted by atomic mass is 9.97. The molecule has 1 heteroatoms. The van der Waals surface area contributed by atoms with Crippen molar-refractivity contribution in [2.75, 3.05) is 0 Å². The van der Waals surface area contributed by atoms with Crippen molar-refractivity contribution in [3.05, 3.63) is 48.0 Å². The highest BCUT2D eigenvalue weighted by Crippen LogP contribution is 2.20. The maximum Gasteiger partial charge on any atom is 0.0329 e. The largest absolute Gasteiger partial charge is 0.324 e. The van der Waals surface area contributed by atoms with Gasteiger partial charge in [0.05, 0.1) is 0 Å². The van der Waals surface area contributed by atoms with Gasteiger partial charge in [-0.05, 0) is 23.5 Å². The van der Waals surface area contributed by atoms with Gasteiger partial charge in [-0.1, -0.05) is 44.2 Å². The predicted octanol–water partition coefficient (Wildman–Crippen LogP) is 3.39. The van der Waals surface area contributed by atoms with Crippen molar-refractivity contribution in [2.45, 2.75) is 32.2 Å². The van der Waals surface area contributed by atoms with Gasteiger partial charge in [0.25, 0.3) is 0 Å². The van der Waals surface area contributed by atoms with Crippen LogP contribution in [-0.4, -0.2) is 0 Å². The molecular formula is C13H19N. The molecule has 0 heterocycles. The average molecular weight is 189 g/mol. The van der Waals surface area contributed by atoms with Gasteiger partial charge in [0, 0.05) is 6.04 Å². The monoisotopic (exact) mass is 189 g/mol. The molecule has 1 atom stereocenters. The van der Waals surface area contributed by atoms with Crippen LogP contribution in [0.1, 0.15) is 43.4 Å². The molecule has 76 valence electrons. The number of nitrogens with two attached hydrogens (primary N) is 1. The van der Waals surface area contributed by atoms with Crippen molar-refractivity contribution in [1.82, 2.24) is 0 Å². The minimum atomic E-state index is 0.0891. The molecule has 0 aliphatic carbocycles. The second-order valence-electron chi connectivity index (χ2n) is 3.96. The zero-order chi connectivity index (χ0) is 10.6. The minimum absolute atomic E-state index is 0.0891. The van der Waals surface area contributed by atoms with Crippen LogP contribution in [0.3, 0.4) is 0 Å². The van der Waals surface area contributed by atoms with Crippen LogP contribution in [0, 0.1) is 0 Å². The third-order valence-electron chi connectivity index (χ3n) is 2.43. The van der Waals surface area contributed by atoms with E-state index in [1.807, 2.05) is 6.08 Å². The lowest BCUT2D eigenvalue weighted by Crippen LogP contribution is -2.09. The first kappa shape index (κ1) is 11.0. The van der Waals surface area contributed by atoms with Crippen LogP contribution in [0.2, 0.25) is 0 Å². The molecule has 1 nitrogen and oxygen atoms in total. The summed E-state index contributed by atoms with van der Waals surface area (Å²) in [5.74, 6) is 0.561. The fourth-order valence-electron chi connectivity index (χ4n) is 1.46. The lowest BCUT2D eigenvalue weighted by Gasteiger charge is -2.12. The van der Waals surface area contributed by atoms with E-state index >= 15 is 0 Å². The first-order valence-electron chi connectivity index (χ1n) is 5.11. The van der Waals surface area contributed by atoms with E-state index in [0.29, 0.717) is 5.92 Å². The summed E-state index contributed by atoms with van der Waals surface area (Å²) in [4.78, 5) is 0. The molecule has 0 aliphatic rings. The van der Waals surface area contributed by atoms with Gasteiger partial charge in [-0.2, -0.15) is 0 Å². The molecular weight excluding hydrogens is 170 g/mol. The Labute approximate surface area is 86.6 Å². The molecule has 0 fully saturated rings. The minimum Gasteiger partial charge on any atom is -0.324 e. The van der Waals surface area contributed by atoms with Gasteiger partial charge >= 0.3 is 0 Å². The number of rotatable bonds is 4. The quantitative estimate of drug-likeness (QED) is 0.722. The number of benzene rings is 1. The molecule has 0 aromatic heterocycles. The zero-order valence-electron chi connectivity index (χ0n) is 9.03. The highest BCUT2D eigenvalue weighted by Gasteiger charge is 2.05. The van der Waals surface area contributed by atoms with Crippen LogP contribution < -0.4 is 5.73 Å². The van der Waals surface area contributed by atoms with Crippen molar-refractivity contribution in [1.29, 1.82) is 0 Å². The lowest BCUT2D eigenvalue weighted by molar-refractivity contribution is 0.736. The smallest absolute Gasteiger partial charge is 0.0329 e. The molecule has 2 N–H and O–H groups in total. The SMILES string of the molecule is C=CC[C@H](N)c1cccc(C(C)C)c1. The Morgan fingerprint density at radius 1 is 1.36 bits per heavy atom. The van der Waals surface area contributed by atoms with Crippen LogP contribution in [-0.2, 0) is 0 Å². The Kier molecular flexibility index (Phi) is 3.90. The van der Waals surface area contributed by atoms with E-state index in [4.69, 9.17) is 5.73 Å². The van der Waals surface area contributed by atoms with Crippen molar-refractivity contribution in [3.63, 3.8) is 0 Å². The Hall–Kier alpha value is -1.08. The summed E-state index contributed by atoms with van der Waals surface area (Å²) < 4.78 is 0. The molecule has 1 aromatic rings. The molecule has 14 heavy (non-hydrogen) atoms. The van der Waals surface area contributed by atoms with Gasteiger partial charge in [0.1, 0.15) is 0 Å². The first-order valence-corrected chi connectivity index (χ1v) is 5.11. The van der Waals surface area contributed by atoms with Gasteiger partial charge in [0.15, 0.2) is 0 Å².